The molecule has 3 heterocycles. The normalized spacial score (nSPS) is 13.6. The van der Waals surface area contributed by atoms with Crippen LogP contribution in [0.3, 0.4) is 0 Å². The molecule has 0 unspecified atom stereocenters. The molecular formula is C25H31N7OS. The third-order valence-corrected chi connectivity index (χ3v) is 7.04. The minimum absolute atomic E-state index is 0.0780. The molecule has 178 valence electrons. The van der Waals surface area contributed by atoms with E-state index in [1.165, 1.54) is 23.9 Å². The Kier molecular flexibility index (Phi) is 6.07. The molecule has 8 nitrogen and oxygen atoms in total. The molecule has 5 rings (SSSR count). The Morgan fingerprint density at radius 1 is 1.15 bits per heavy atom. The van der Waals surface area contributed by atoms with Crippen LogP contribution >= 0.6 is 11.8 Å². The average molecular weight is 478 g/mol. The van der Waals surface area contributed by atoms with Crippen molar-refractivity contribution < 1.29 is 4.42 Å². The Morgan fingerprint density at radius 3 is 2.68 bits per heavy atom. The van der Waals surface area contributed by atoms with Gasteiger partial charge in [0.15, 0.2) is 22.1 Å². The van der Waals surface area contributed by atoms with Crippen LogP contribution in [0, 0.1) is 6.92 Å². The van der Waals surface area contributed by atoms with Gasteiger partial charge in [-0.3, -0.25) is 0 Å². The number of benzene rings is 1. The summed E-state index contributed by atoms with van der Waals surface area (Å²) < 4.78 is 8.08. The summed E-state index contributed by atoms with van der Waals surface area (Å²) in [6.45, 7) is 10.1. The van der Waals surface area contributed by atoms with Crippen LogP contribution in [0.4, 0.5) is 5.82 Å². The first-order chi connectivity index (χ1) is 16.3. The van der Waals surface area contributed by atoms with Gasteiger partial charge in [-0.2, -0.15) is 0 Å². The summed E-state index contributed by atoms with van der Waals surface area (Å²) in [5.41, 5.74) is 11.4. The Bertz CT molecular complexity index is 1340. The van der Waals surface area contributed by atoms with Crippen molar-refractivity contribution in [3.8, 4) is 11.5 Å². The molecule has 1 aliphatic carbocycles. The van der Waals surface area contributed by atoms with E-state index in [4.69, 9.17) is 15.1 Å². The van der Waals surface area contributed by atoms with Crippen LogP contribution in [0.5, 0.6) is 0 Å². The number of rotatable bonds is 7. The number of nitrogens with two attached hydrogens (primary N) is 1. The Balaban J connectivity index is 1.53. The molecule has 0 bridgehead atoms. The maximum absolute atomic E-state index is 6.17. The van der Waals surface area contributed by atoms with Crippen molar-refractivity contribution in [2.75, 3.05) is 12.3 Å². The van der Waals surface area contributed by atoms with Crippen LogP contribution in [0.15, 0.2) is 39.1 Å². The lowest BCUT2D eigenvalue weighted by Crippen LogP contribution is -2.36. The zero-order valence-corrected chi connectivity index (χ0v) is 21.0. The summed E-state index contributed by atoms with van der Waals surface area (Å²) in [7, 11) is 0. The first kappa shape index (κ1) is 22.9. The number of hydrogen-bond donors (Lipinski definition) is 2. The first-order valence-corrected chi connectivity index (χ1v) is 12.6. The van der Waals surface area contributed by atoms with Gasteiger partial charge in [0.25, 0.3) is 0 Å². The maximum Gasteiger partial charge on any atom is 0.227 e. The quantitative estimate of drug-likeness (QED) is 0.366. The summed E-state index contributed by atoms with van der Waals surface area (Å²) in [4.78, 5) is 19.1. The minimum Gasteiger partial charge on any atom is -0.441 e. The van der Waals surface area contributed by atoms with Crippen LogP contribution in [0.2, 0.25) is 0 Å². The van der Waals surface area contributed by atoms with E-state index in [0.29, 0.717) is 17.2 Å². The SMILES string of the molecule is Cc1cnc(-c2cc3c(cc2Sc2nc4c(N)ncnc4n2CCCNC(C)(C)C)CCC3)o1. The van der Waals surface area contributed by atoms with E-state index in [1.54, 1.807) is 18.0 Å². The number of aromatic nitrogens is 5. The summed E-state index contributed by atoms with van der Waals surface area (Å²) in [5, 5.41) is 4.40. The molecule has 0 amide bonds. The number of nitrogens with zero attached hydrogens (tertiary/aromatic N) is 5. The fraction of sp³-hybridized carbons (Fsp3) is 0.440. The number of aryl methyl sites for hydroxylation is 4. The van der Waals surface area contributed by atoms with E-state index in [1.807, 2.05) is 6.92 Å². The molecule has 0 saturated heterocycles. The van der Waals surface area contributed by atoms with E-state index < -0.39 is 0 Å². The van der Waals surface area contributed by atoms with Crippen LogP contribution in [0.25, 0.3) is 22.6 Å². The lowest BCUT2D eigenvalue weighted by atomic mass is 10.1. The van der Waals surface area contributed by atoms with Crippen molar-refractivity contribution in [3.63, 3.8) is 0 Å². The van der Waals surface area contributed by atoms with Crippen LogP contribution in [-0.2, 0) is 19.4 Å². The first-order valence-electron chi connectivity index (χ1n) is 11.8. The average Bonchev–Trinajstić information content (AvgIpc) is 3.49. The second kappa shape index (κ2) is 9.03. The predicted octanol–water partition coefficient (Wildman–Crippen LogP) is 4.79. The Morgan fingerprint density at radius 2 is 1.94 bits per heavy atom. The highest BCUT2D eigenvalue weighted by Gasteiger charge is 2.22. The molecule has 0 aliphatic heterocycles. The molecule has 3 N–H and O–H groups in total. The molecule has 34 heavy (non-hydrogen) atoms. The number of oxazole rings is 1. The summed E-state index contributed by atoms with van der Waals surface area (Å²) in [6, 6.07) is 4.52. The standard InChI is InChI=1S/C25H31N7OS/c1-15-13-27-23(33-15)18-11-16-7-5-8-17(16)12-19(18)34-24-31-20-21(26)28-14-29-22(20)32(24)10-6-9-30-25(2,3)4/h11-14,30H,5-10H2,1-4H3,(H2,26,28,29). The number of imidazole rings is 1. The summed E-state index contributed by atoms with van der Waals surface area (Å²) in [5.74, 6) is 1.84. The van der Waals surface area contributed by atoms with Crippen molar-refractivity contribution in [2.45, 2.75) is 75.5 Å². The molecule has 3 aromatic heterocycles. The van der Waals surface area contributed by atoms with E-state index in [0.717, 1.165) is 59.4 Å². The van der Waals surface area contributed by atoms with Gasteiger partial charge in [0, 0.05) is 17.0 Å². The molecule has 1 aliphatic rings. The summed E-state index contributed by atoms with van der Waals surface area (Å²) >= 11 is 1.62. The molecule has 0 atom stereocenters. The molecule has 0 spiro atoms. The zero-order valence-electron chi connectivity index (χ0n) is 20.2. The number of anilines is 1. The number of fused-ring (bicyclic) bond motifs is 2. The molecule has 0 radical (unpaired) electrons. The lowest BCUT2D eigenvalue weighted by Gasteiger charge is -2.20. The van der Waals surface area contributed by atoms with E-state index in [-0.39, 0.29) is 5.54 Å². The molecule has 0 fully saturated rings. The predicted molar refractivity (Wildman–Crippen MR) is 135 cm³/mol. The largest absolute Gasteiger partial charge is 0.441 e. The minimum atomic E-state index is 0.0780. The van der Waals surface area contributed by atoms with Gasteiger partial charge in [0.2, 0.25) is 5.89 Å². The van der Waals surface area contributed by atoms with Crippen LogP contribution < -0.4 is 11.1 Å². The number of nitrogen functional groups attached to an aromatic ring is 1. The van der Waals surface area contributed by atoms with Gasteiger partial charge in [0.1, 0.15) is 12.1 Å². The molecular weight excluding hydrogens is 446 g/mol. The Hall–Kier alpha value is -2.91. The highest BCUT2D eigenvalue weighted by Crippen LogP contribution is 2.40. The lowest BCUT2D eigenvalue weighted by molar-refractivity contribution is 0.412. The monoisotopic (exact) mass is 477 g/mol. The van der Waals surface area contributed by atoms with Crippen LogP contribution in [0.1, 0.15) is 50.5 Å². The Labute approximate surface area is 203 Å². The second-order valence-corrected chi connectivity index (χ2v) is 10.9. The third kappa shape index (κ3) is 4.67. The van der Waals surface area contributed by atoms with Gasteiger partial charge in [-0.1, -0.05) is 11.8 Å². The highest BCUT2D eigenvalue weighted by atomic mass is 32.2. The zero-order chi connectivity index (χ0) is 23.9. The highest BCUT2D eigenvalue weighted by molar-refractivity contribution is 7.99. The van der Waals surface area contributed by atoms with E-state index in [9.17, 15) is 0 Å². The third-order valence-electron chi connectivity index (χ3n) is 5.99. The van der Waals surface area contributed by atoms with Crippen molar-refractivity contribution in [1.82, 2.24) is 29.8 Å². The van der Waals surface area contributed by atoms with Gasteiger partial charge in [-0.05, 0) is 83.2 Å². The van der Waals surface area contributed by atoms with Crippen LogP contribution in [-0.4, -0.2) is 36.6 Å². The molecule has 9 heteroatoms. The van der Waals surface area contributed by atoms with E-state index in [2.05, 4.69) is 57.7 Å². The molecule has 0 saturated carbocycles. The number of hydrogen-bond acceptors (Lipinski definition) is 8. The van der Waals surface area contributed by atoms with Gasteiger partial charge in [-0.15, -0.1) is 0 Å². The smallest absolute Gasteiger partial charge is 0.227 e. The van der Waals surface area contributed by atoms with Crippen molar-refractivity contribution in [1.29, 1.82) is 0 Å². The van der Waals surface area contributed by atoms with Gasteiger partial charge in [-0.25, -0.2) is 19.9 Å². The van der Waals surface area contributed by atoms with Gasteiger partial charge >= 0.3 is 0 Å². The van der Waals surface area contributed by atoms with Gasteiger partial charge in [0.05, 0.1) is 11.8 Å². The van der Waals surface area contributed by atoms with E-state index >= 15 is 0 Å². The fourth-order valence-electron chi connectivity index (χ4n) is 4.34. The molecule has 1 aromatic carbocycles. The van der Waals surface area contributed by atoms with Crippen molar-refractivity contribution >= 4 is 28.7 Å². The second-order valence-electron chi connectivity index (χ2n) is 9.86. The fourth-order valence-corrected chi connectivity index (χ4v) is 5.42. The maximum atomic E-state index is 6.17. The summed E-state index contributed by atoms with van der Waals surface area (Å²) in [6.07, 6.45) is 7.59. The number of nitrogens with one attached hydrogen (secondary N) is 1. The topological polar surface area (TPSA) is 108 Å². The molecule has 4 aromatic rings. The van der Waals surface area contributed by atoms with Gasteiger partial charge < -0.3 is 20.0 Å². The van der Waals surface area contributed by atoms with Crippen molar-refractivity contribution in [2.24, 2.45) is 0 Å². The van der Waals surface area contributed by atoms with Crippen molar-refractivity contribution in [3.05, 3.63) is 41.5 Å².